The first-order valence-corrected chi connectivity index (χ1v) is 8.40. The van der Waals surface area contributed by atoms with Gasteiger partial charge in [0.2, 0.25) is 11.7 Å². The summed E-state index contributed by atoms with van der Waals surface area (Å²) in [5.41, 5.74) is 0.481. The van der Waals surface area contributed by atoms with Crippen molar-refractivity contribution in [2.24, 2.45) is 5.16 Å². The molecule has 0 spiro atoms. The Hall–Kier alpha value is -2.51. The summed E-state index contributed by atoms with van der Waals surface area (Å²) >= 11 is 3.04. The van der Waals surface area contributed by atoms with Crippen LogP contribution in [-0.2, 0) is 15.5 Å². The van der Waals surface area contributed by atoms with Gasteiger partial charge < -0.3 is 15.8 Å². The van der Waals surface area contributed by atoms with Gasteiger partial charge in [0.25, 0.3) is 10.6 Å². The third kappa shape index (κ3) is 5.51. The number of hydrogen-bond acceptors (Lipinski definition) is 9. The maximum atomic E-state index is 13.3. The molecule has 0 aliphatic rings. The van der Waals surface area contributed by atoms with E-state index in [1.807, 2.05) is 4.89 Å². The Morgan fingerprint density at radius 1 is 1.52 bits per heavy atom. The second-order valence-corrected chi connectivity index (χ2v) is 5.79. The molecule has 14 heteroatoms. The molecule has 0 aliphatic carbocycles. The third-order valence-corrected chi connectivity index (χ3v) is 3.49. The lowest BCUT2D eigenvalue weighted by Gasteiger charge is -2.08. The lowest BCUT2D eigenvalue weighted by Crippen LogP contribution is -2.20. The van der Waals surface area contributed by atoms with Gasteiger partial charge >= 0.3 is 0 Å². The molecular weight excluding hydrogens is 425 g/mol. The molecule has 0 amide bonds. The Balaban J connectivity index is 2.01. The molecule has 134 valence electrons. The minimum absolute atomic E-state index is 0.0164. The minimum atomic E-state index is -2.28. The molecule has 4 N–H and O–H groups in total. The molecule has 0 saturated heterocycles. The van der Waals surface area contributed by atoms with Crippen LogP contribution in [0.4, 0.5) is 15.9 Å². The molecule has 2 rings (SSSR count). The number of anilines is 2. The van der Waals surface area contributed by atoms with Crippen LogP contribution in [0.1, 0.15) is 5.69 Å². The first-order valence-electron chi connectivity index (χ1n) is 6.50. The van der Waals surface area contributed by atoms with E-state index >= 15 is 0 Å². The zero-order chi connectivity index (χ0) is 18.2. The molecule has 11 nitrogen and oxygen atoms in total. The molecule has 0 saturated carbocycles. The highest BCUT2D eigenvalue weighted by Crippen LogP contribution is 2.21. The Labute approximate surface area is 150 Å². The van der Waals surface area contributed by atoms with Gasteiger partial charge in [-0.1, -0.05) is 10.0 Å². The van der Waals surface area contributed by atoms with Crippen LogP contribution in [0, 0.1) is 10.4 Å². The summed E-state index contributed by atoms with van der Waals surface area (Å²) in [5, 5.41) is 25.0. The molecule has 0 aliphatic heterocycles. The van der Waals surface area contributed by atoms with E-state index in [2.05, 4.69) is 51.5 Å². The number of rotatable bonds is 7. The summed E-state index contributed by atoms with van der Waals surface area (Å²) in [4.78, 5) is 6.50. The lowest BCUT2D eigenvalue weighted by atomic mass is 10.3. The first kappa shape index (κ1) is 18.8. The quantitative estimate of drug-likeness (QED) is 0.165. The van der Waals surface area contributed by atoms with Crippen LogP contribution in [0.15, 0.2) is 32.5 Å². The van der Waals surface area contributed by atoms with Crippen molar-refractivity contribution < 1.29 is 23.3 Å². The SMILES string of the molecule is N#S(=O)NOCCNc1nonc1/C(=N/O)Nc1ccc(F)c(Br)c1. The molecule has 1 heterocycles. The number of hydrogen-bond donors (Lipinski definition) is 4. The van der Waals surface area contributed by atoms with Gasteiger partial charge in [0.05, 0.1) is 11.1 Å². The van der Waals surface area contributed by atoms with Crippen LogP contribution < -0.4 is 15.5 Å². The van der Waals surface area contributed by atoms with E-state index in [1.165, 1.54) is 18.2 Å². The van der Waals surface area contributed by atoms with Gasteiger partial charge in [-0.25, -0.2) is 9.02 Å². The first-order chi connectivity index (χ1) is 12.0. The zero-order valence-corrected chi connectivity index (χ0v) is 14.7. The maximum absolute atomic E-state index is 13.3. The predicted molar refractivity (Wildman–Crippen MR) is 87.8 cm³/mol. The number of aromatic nitrogens is 2. The van der Waals surface area contributed by atoms with Gasteiger partial charge in [-0.3, -0.25) is 4.84 Å². The van der Waals surface area contributed by atoms with Crippen molar-refractivity contribution in [3.63, 3.8) is 0 Å². The van der Waals surface area contributed by atoms with Crippen LogP contribution in [0.5, 0.6) is 0 Å². The molecule has 25 heavy (non-hydrogen) atoms. The molecule has 0 atom stereocenters. The van der Waals surface area contributed by atoms with Crippen molar-refractivity contribution in [1.29, 1.82) is 4.61 Å². The van der Waals surface area contributed by atoms with Crippen molar-refractivity contribution in [2.45, 2.75) is 0 Å². The Kier molecular flexibility index (Phi) is 6.85. The molecule has 0 radical (unpaired) electrons. The van der Waals surface area contributed by atoms with E-state index in [9.17, 15) is 13.8 Å². The molecule has 0 unspecified atom stereocenters. The summed E-state index contributed by atoms with van der Waals surface area (Å²) in [7, 11) is -2.28. The van der Waals surface area contributed by atoms with Gasteiger partial charge in [-0.15, -0.1) is 4.61 Å². The third-order valence-electron chi connectivity index (χ3n) is 2.62. The van der Waals surface area contributed by atoms with Gasteiger partial charge in [0, 0.05) is 12.2 Å². The second-order valence-electron chi connectivity index (χ2n) is 4.27. The van der Waals surface area contributed by atoms with E-state index in [0.717, 1.165) is 0 Å². The van der Waals surface area contributed by atoms with Crippen LogP contribution >= 0.6 is 15.9 Å². The van der Waals surface area contributed by atoms with Gasteiger partial charge in [0.15, 0.2) is 5.69 Å². The van der Waals surface area contributed by atoms with Crippen LogP contribution in [0.25, 0.3) is 0 Å². The van der Waals surface area contributed by atoms with Crippen molar-refractivity contribution in [1.82, 2.24) is 15.2 Å². The number of oxime groups is 1. The highest BCUT2D eigenvalue weighted by Gasteiger charge is 2.17. The van der Waals surface area contributed by atoms with Gasteiger partial charge in [-0.2, -0.15) is 4.21 Å². The van der Waals surface area contributed by atoms with Crippen LogP contribution in [-0.4, -0.2) is 38.7 Å². The Morgan fingerprint density at radius 3 is 3.00 bits per heavy atom. The minimum Gasteiger partial charge on any atom is -0.409 e. The van der Waals surface area contributed by atoms with E-state index in [0.29, 0.717) is 5.69 Å². The predicted octanol–water partition coefficient (Wildman–Crippen LogP) is 1.30. The fourth-order valence-electron chi connectivity index (χ4n) is 1.61. The topological polar surface area (TPSA) is 158 Å². The van der Waals surface area contributed by atoms with Crippen molar-refractivity contribution in [2.75, 3.05) is 23.8 Å². The van der Waals surface area contributed by atoms with E-state index in [1.54, 1.807) is 0 Å². The summed E-state index contributed by atoms with van der Waals surface area (Å²) < 4.78 is 36.9. The summed E-state index contributed by atoms with van der Waals surface area (Å²) in [5.74, 6) is -0.413. The molecule has 2 aromatic rings. The number of halogens is 2. The number of amidine groups is 1. The van der Waals surface area contributed by atoms with Crippen LogP contribution in [0.2, 0.25) is 0 Å². The largest absolute Gasteiger partial charge is 0.409 e. The summed E-state index contributed by atoms with van der Waals surface area (Å²) in [6.45, 7) is 0.189. The highest BCUT2D eigenvalue weighted by molar-refractivity contribution is 9.10. The van der Waals surface area contributed by atoms with Gasteiger partial charge in [-0.05, 0) is 44.4 Å². The van der Waals surface area contributed by atoms with Crippen molar-refractivity contribution >= 4 is 43.9 Å². The van der Waals surface area contributed by atoms with E-state index in [-0.39, 0.29) is 35.0 Å². The Bertz CT molecular complexity index is 887. The molecule has 1 aromatic carbocycles. The fraction of sp³-hybridized carbons (Fsp3) is 0.182. The molecule has 1 aromatic heterocycles. The average Bonchev–Trinajstić information content (AvgIpc) is 3.03. The average molecular weight is 436 g/mol. The smallest absolute Gasteiger partial charge is 0.263 e. The van der Waals surface area contributed by atoms with Gasteiger partial charge in [0.1, 0.15) is 5.82 Å². The normalized spacial score (nSPS) is 11.3. The standard InChI is InChI=1S/C11H11BrFN7O4S/c12-7-5-6(1-2-8(7)13)16-11(17-21)9-10(19-24-18-9)15-3-4-23-20-25(14)22/h1-2,5,21H,3-4H2,(H,15,19)(H,16,17)(H,20,22). The number of nitrogens with one attached hydrogen (secondary N) is 3. The number of benzene rings is 1. The monoisotopic (exact) mass is 435 g/mol. The lowest BCUT2D eigenvalue weighted by molar-refractivity contribution is 0.107. The second kappa shape index (κ2) is 9.10. The highest BCUT2D eigenvalue weighted by atomic mass is 79.9. The molecule has 0 fully saturated rings. The molecular formula is C11H11BrFN7O4S. The van der Waals surface area contributed by atoms with E-state index in [4.69, 9.17) is 4.61 Å². The zero-order valence-electron chi connectivity index (χ0n) is 12.3. The summed E-state index contributed by atoms with van der Waals surface area (Å²) in [6.07, 6.45) is 0. The van der Waals surface area contributed by atoms with Crippen molar-refractivity contribution in [3.05, 3.63) is 34.2 Å². The summed E-state index contributed by atoms with van der Waals surface area (Å²) in [6, 6.07) is 4.09. The van der Waals surface area contributed by atoms with Crippen molar-refractivity contribution in [3.8, 4) is 0 Å². The Morgan fingerprint density at radius 2 is 2.32 bits per heavy atom. The fourth-order valence-corrected chi connectivity index (χ4v) is 2.18. The number of nitrogens with zero attached hydrogens (tertiary/aromatic N) is 4. The maximum Gasteiger partial charge on any atom is 0.263 e. The van der Waals surface area contributed by atoms with Crippen LogP contribution in [0.3, 0.4) is 0 Å². The van der Waals surface area contributed by atoms with E-state index < -0.39 is 16.4 Å². The molecule has 0 bridgehead atoms.